The molecule has 0 spiro atoms. The Labute approximate surface area is 154 Å². The number of ether oxygens (including phenoxy) is 1. The fourth-order valence-electron chi connectivity index (χ4n) is 2.97. The number of aliphatic hydroxyl groups is 1. The van der Waals surface area contributed by atoms with Gasteiger partial charge in [-0.3, -0.25) is 4.68 Å². The SMILES string of the molecule is CCn1cc(Nc2nc(O[C@@H]3CCNC3)c3c(Cl)cn(CO)c3n2)cn1. The van der Waals surface area contributed by atoms with E-state index >= 15 is 0 Å². The molecule has 1 atom stereocenters. The first-order valence-electron chi connectivity index (χ1n) is 8.52. The highest BCUT2D eigenvalue weighted by molar-refractivity contribution is 6.36. The molecule has 0 saturated carbocycles. The predicted molar refractivity (Wildman–Crippen MR) is 97.8 cm³/mol. The topological polar surface area (TPSA) is 102 Å². The molecule has 9 nitrogen and oxygen atoms in total. The summed E-state index contributed by atoms with van der Waals surface area (Å²) in [5.74, 6) is 0.768. The van der Waals surface area contributed by atoms with Crippen molar-refractivity contribution in [3.05, 3.63) is 23.6 Å². The van der Waals surface area contributed by atoms with Crippen molar-refractivity contribution in [1.82, 2.24) is 29.6 Å². The van der Waals surface area contributed by atoms with Crippen molar-refractivity contribution in [2.24, 2.45) is 0 Å². The Bertz CT molecular complexity index is 917. The van der Waals surface area contributed by atoms with E-state index in [2.05, 4.69) is 25.7 Å². The first kappa shape index (κ1) is 17.1. The lowest BCUT2D eigenvalue weighted by atomic mass is 10.3. The summed E-state index contributed by atoms with van der Waals surface area (Å²) in [6, 6.07) is 0. The Morgan fingerprint density at radius 1 is 1.42 bits per heavy atom. The lowest BCUT2D eigenvalue weighted by Crippen LogP contribution is -2.20. The van der Waals surface area contributed by atoms with E-state index in [-0.39, 0.29) is 12.8 Å². The maximum atomic E-state index is 9.60. The maximum Gasteiger partial charge on any atom is 0.232 e. The second-order valence-electron chi connectivity index (χ2n) is 6.08. The molecule has 0 aromatic carbocycles. The van der Waals surface area contributed by atoms with Crippen LogP contribution in [0.4, 0.5) is 11.6 Å². The number of hydrogen-bond donors (Lipinski definition) is 3. The average molecular weight is 378 g/mol. The molecule has 0 unspecified atom stereocenters. The number of rotatable bonds is 6. The Hall–Kier alpha value is -2.36. The third-order valence-corrected chi connectivity index (χ3v) is 4.58. The van der Waals surface area contributed by atoms with Gasteiger partial charge in [0.25, 0.3) is 0 Å². The third kappa shape index (κ3) is 3.20. The fourth-order valence-corrected chi connectivity index (χ4v) is 3.26. The van der Waals surface area contributed by atoms with E-state index in [1.807, 2.05) is 13.1 Å². The highest BCUT2D eigenvalue weighted by atomic mass is 35.5. The van der Waals surface area contributed by atoms with E-state index in [1.54, 1.807) is 21.6 Å². The van der Waals surface area contributed by atoms with E-state index in [9.17, 15) is 5.11 Å². The average Bonchev–Trinajstić information content (AvgIpc) is 3.36. The van der Waals surface area contributed by atoms with Gasteiger partial charge < -0.3 is 25.0 Å². The van der Waals surface area contributed by atoms with Crippen molar-refractivity contribution in [3.63, 3.8) is 0 Å². The lowest BCUT2D eigenvalue weighted by Gasteiger charge is -2.14. The third-order valence-electron chi connectivity index (χ3n) is 4.30. The molecule has 0 aliphatic carbocycles. The largest absolute Gasteiger partial charge is 0.472 e. The number of anilines is 2. The van der Waals surface area contributed by atoms with Gasteiger partial charge in [-0.15, -0.1) is 0 Å². The molecular formula is C16H20ClN7O2. The van der Waals surface area contributed by atoms with Crippen molar-refractivity contribution in [1.29, 1.82) is 0 Å². The molecule has 0 amide bonds. The van der Waals surface area contributed by atoms with Gasteiger partial charge in [-0.1, -0.05) is 11.6 Å². The van der Waals surface area contributed by atoms with Crippen molar-refractivity contribution < 1.29 is 9.84 Å². The summed E-state index contributed by atoms with van der Waals surface area (Å²) in [7, 11) is 0. The van der Waals surface area contributed by atoms with Crippen molar-refractivity contribution in [2.45, 2.75) is 32.7 Å². The van der Waals surface area contributed by atoms with Crippen LogP contribution < -0.4 is 15.4 Å². The van der Waals surface area contributed by atoms with E-state index in [1.165, 1.54) is 0 Å². The molecular weight excluding hydrogens is 358 g/mol. The highest BCUT2D eigenvalue weighted by Crippen LogP contribution is 2.34. The summed E-state index contributed by atoms with van der Waals surface area (Å²) < 4.78 is 9.43. The van der Waals surface area contributed by atoms with E-state index in [0.29, 0.717) is 27.9 Å². The van der Waals surface area contributed by atoms with Crippen LogP contribution in [-0.4, -0.2) is 48.6 Å². The number of hydrogen-bond acceptors (Lipinski definition) is 7. The molecule has 1 fully saturated rings. The Morgan fingerprint density at radius 2 is 2.31 bits per heavy atom. The van der Waals surface area contributed by atoms with Crippen LogP contribution >= 0.6 is 11.6 Å². The highest BCUT2D eigenvalue weighted by Gasteiger charge is 2.22. The van der Waals surface area contributed by atoms with E-state index < -0.39 is 0 Å². The van der Waals surface area contributed by atoms with Crippen LogP contribution in [-0.2, 0) is 13.3 Å². The van der Waals surface area contributed by atoms with Crippen LogP contribution in [0.3, 0.4) is 0 Å². The molecule has 10 heteroatoms. The number of aryl methyl sites for hydroxylation is 1. The smallest absolute Gasteiger partial charge is 0.232 e. The number of fused-ring (bicyclic) bond motifs is 1. The Kier molecular flexibility index (Phi) is 4.66. The maximum absolute atomic E-state index is 9.60. The monoisotopic (exact) mass is 377 g/mol. The van der Waals surface area contributed by atoms with Crippen LogP contribution in [0.5, 0.6) is 5.88 Å². The molecule has 1 aliphatic rings. The van der Waals surface area contributed by atoms with Crippen molar-refractivity contribution >= 4 is 34.3 Å². The molecule has 0 bridgehead atoms. The number of nitrogens with zero attached hydrogens (tertiary/aromatic N) is 5. The van der Waals surface area contributed by atoms with Gasteiger partial charge >= 0.3 is 0 Å². The second-order valence-corrected chi connectivity index (χ2v) is 6.49. The summed E-state index contributed by atoms with van der Waals surface area (Å²) in [6.07, 6.45) is 6.12. The van der Waals surface area contributed by atoms with Gasteiger partial charge in [0.2, 0.25) is 11.8 Å². The Balaban J connectivity index is 1.74. The van der Waals surface area contributed by atoms with Crippen LogP contribution in [0.1, 0.15) is 13.3 Å². The molecule has 4 rings (SSSR count). The molecule has 3 aromatic rings. The molecule has 3 N–H and O–H groups in total. The van der Waals surface area contributed by atoms with Gasteiger partial charge in [-0.25, -0.2) is 0 Å². The van der Waals surface area contributed by atoms with Crippen molar-refractivity contribution in [2.75, 3.05) is 18.4 Å². The molecule has 4 heterocycles. The van der Waals surface area contributed by atoms with Gasteiger partial charge in [0.1, 0.15) is 12.8 Å². The fraction of sp³-hybridized carbons (Fsp3) is 0.438. The van der Waals surface area contributed by atoms with Crippen LogP contribution in [0.25, 0.3) is 11.0 Å². The summed E-state index contributed by atoms with van der Waals surface area (Å²) in [5.41, 5.74) is 1.28. The van der Waals surface area contributed by atoms with Gasteiger partial charge in [-0.2, -0.15) is 15.1 Å². The molecule has 1 aliphatic heterocycles. The molecule has 1 saturated heterocycles. The normalized spacial score (nSPS) is 17.1. The van der Waals surface area contributed by atoms with Gasteiger partial charge in [0.05, 0.1) is 22.3 Å². The van der Waals surface area contributed by atoms with Crippen LogP contribution in [0, 0.1) is 0 Å². The predicted octanol–water partition coefficient (Wildman–Crippen LogP) is 1.74. The summed E-state index contributed by atoms with van der Waals surface area (Å²) in [6.45, 7) is 4.21. The number of halogens is 1. The van der Waals surface area contributed by atoms with Gasteiger partial charge in [0, 0.05) is 25.5 Å². The van der Waals surface area contributed by atoms with Gasteiger partial charge in [0.15, 0.2) is 5.65 Å². The first-order valence-corrected chi connectivity index (χ1v) is 8.89. The van der Waals surface area contributed by atoms with Crippen LogP contribution in [0.15, 0.2) is 18.6 Å². The minimum Gasteiger partial charge on any atom is -0.472 e. The molecule has 138 valence electrons. The van der Waals surface area contributed by atoms with E-state index in [4.69, 9.17) is 16.3 Å². The van der Waals surface area contributed by atoms with Crippen molar-refractivity contribution in [3.8, 4) is 5.88 Å². The minimum atomic E-state index is -0.238. The lowest BCUT2D eigenvalue weighted by molar-refractivity contribution is 0.213. The van der Waals surface area contributed by atoms with Crippen LogP contribution in [0.2, 0.25) is 5.02 Å². The minimum absolute atomic E-state index is 0.0253. The summed E-state index contributed by atoms with van der Waals surface area (Å²) in [5, 5.41) is 21.3. The summed E-state index contributed by atoms with van der Waals surface area (Å²) in [4.78, 5) is 9.01. The summed E-state index contributed by atoms with van der Waals surface area (Å²) >= 11 is 6.34. The standard InChI is InChI=1S/C16H20ClN7O2/c1-2-24-7-10(5-19-24)20-16-21-14-13(12(17)8-23(14)9-25)15(22-16)26-11-3-4-18-6-11/h5,7-8,11,18,25H,2-4,6,9H2,1H3,(H,20,21,22)/t11-/m1/s1. The molecule has 0 radical (unpaired) electrons. The molecule has 26 heavy (non-hydrogen) atoms. The quantitative estimate of drug-likeness (QED) is 0.601. The zero-order valence-corrected chi connectivity index (χ0v) is 15.1. The Morgan fingerprint density at radius 3 is 3.00 bits per heavy atom. The zero-order chi connectivity index (χ0) is 18.1. The number of nitrogens with one attached hydrogen (secondary N) is 2. The molecule has 3 aromatic heterocycles. The number of aromatic nitrogens is 5. The second kappa shape index (κ2) is 7.10. The van der Waals surface area contributed by atoms with E-state index in [0.717, 1.165) is 31.7 Å². The zero-order valence-electron chi connectivity index (χ0n) is 14.3. The van der Waals surface area contributed by atoms with Gasteiger partial charge in [-0.05, 0) is 19.9 Å². The first-order chi connectivity index (χ1) is 12.7. The number of aliphatic hydroxyl groups excluding tert-OH is 1.